The van der Waals surface area contributed by atoms with Crippen LogP contribution in [-0.2, 0) is 0 Å². The van der Waals surface area contributed by atoms with E-state index in [2.05, 4.69) is 10.1 Å². The molecule has 0 aliphatic carbocycles. The Bertz CT molecular complexity index is 1000. The summed E-state index contributed by atoms with van der Waals surface area (Å²) in [6, 6.07) is 14.8. The van der Waals surface area contributed by atoms with Crippen molar-refractivity contribution in [2.75, 3.05) is 0 Å². The van der Waals surface area contributed by atoms with Gasteiger partial charge in [-0.25, -0.2) is 4.52 Å². The predicted molar refractivity (Wildman–Crippen MR) is 85.6 cm³/mol. The largest absolute Gasteiger partial charge is 0.359 e. The van der Waals surface area contributed by atoms with Crippen molar-refractivity contribution in [2.24, 2.45) is 0 Å². The van der Waals surface area contributed by atoms with Crippen LogP contribution in [0.2, 0.25) is 5.02 Å². The quantitative estimate of drug-likeness (QED) is 0.618. The zero-order chi connectivity index (χ0) is 15.1. The zero-order valence-electron chi connectivity index (χ0n) is 11.4. The number of fused-ring (bicyclic) bond motifs is 1. The van der Waals surface area contributed by atoms with Crippen LogP contribution in [-0.4, -0.2) is 19.2 Å². The number of nitrogens with one attached hydrogen (secondary N) is 1. The number of halogens is 1. The monoisotopic (exact) mass is 310 g/mol. The van der Waals surface area contributed by atoms with Crippen molar-refractivity contribution < 1.29 is 0 Å². The van der Waals surface area contributed by atoms with Gasteiger partial charge in [0.15, 0.2) is 5.82 Å². The van der Waals surface area contributed by atoms with Crippen molar-refractivity contribution in [1.82, 2.24) is 19.2 Å². The second-order valence-electron chi connectivity index (χ2n) is 4.84. The molecule has 0 saturated heterocycles. The highest BCUT2D eigenvalue weighted by molar-refractivity contribution is 6.33. The fraction of sp³-hybridized carbons (Fsp3) is 0. The summed E-state index contributed by atoms with van der Waals surface area (Å²) in [7, 11) is 0. The first-order valence-corrected chi connectivity index (χ1v) is 7.12. The first-order valence-electron chi connectivity index (χ1n) is 6.75. The number of H-pyrrole nitrogens is 1. The maximum Gasteiger partial charge on any atom is 0.284 e. The third-order valence-electron chi connectivity index (χ3n) is 3.49. The SMILES string of the molecule is O=c1c2c(Cl)ccn2nc(-c2ccc[nH]2)n1-c1ccccc1. The smallest absolute Gasteiger partial charge is 0.284 e. The third kappa shape index (κ3) is 1.87. The summed E-state index contributed by atoms with van der Waals surface area (Å²) in [5.41, 5.74) is 1.65. The van der Waals surface area contributed by atoms with E-state index >= 15 is 0 Å². The third-order valence-corrected chi connectivity index (χ3v) is 3.80. The fourth-order valence-corrected chi connectivity index (χ4v) is 2.72. The summed E-state index contributed by atoms with van der Waals surface area (Å²) in [5, 5.41) is 4.93. The second kappa shape index (κ2) is 4.89. The van der Waals surface area contributed by atoms with Gasteiger partial charge in [0, 0.05) is 12.4 Å². The van der Waals surface area contributed by atoms with Gasteiger partial charge in [0.2, 0.25) is 0 Å². The van der Waals surface area contributed by atoms with E-state index in [1.54, 1.807) is 23.0 Å². The predicted octanol–water partition coefficient (Wildman–Crippen LogP) is 3.13. The molecule has 0 atom stereocenters. The molecule has 6 heteroatoms. The average Bonchev–Trinajstić information content (AvgIpc) is 3.18. The molecule has 1 N–H and O–H groups in total. The number of nitrogens with zero attached hydrogens (tertiary/aromatic N) is 3. The maximum absolute atomic E-state index is 12.9. The zero-order valence-corrected chi connectivity index (χ0v) is 12.2. The summed E-state index contributed by atoms with van der Waals surface area (Å²) in [5.74, 6) is 0.529. The Morgan fingerprint density at radius 2 is 1.86 bits per heavy atom. The minimum Gasteiger partial charge on any atom is -0.359 e. The molecule has 22 heavy (non-hydrogen) atoms. The van der Waals surface area contributed by atoms with E-state index in [9.17, 15) is 4.79 Å². The molecular formula is C16H11ClN4O. The van der Waals surface area contributed by atoms with Crippen molar-refractivity contribution in [3.05, 3.63) is 76.3 Å². The Morgan fingerprint density at radius 1 is 1.05 bits per heavy atom. The number of hydrogen-bond acceptors (Lipinski definition) is 2. The molecule has 0 spiro atoms. The van der Waals surface area contributed by atoms with E-state index < -0.39 is 0 Å². The van der Waals surface area contributed by atoms with Crippen LogP contribution >= 0.6 is 11.6 Å². The highest BCUT2D eigenvalue weighted by Crippen LogP contribution is 2.21. The number of hydrogen-bond donors (Lipinski definition) is 1. The lowest BCUT2D eigenvalue weighted by Crippen LogP contribution is -2.24. The molecule has 4 rings (SSSR count). The van der Waals surface area contributed by atoms with E-state index in [-0.39, 0.29) is 5.56 Å². The molecule has 0 aliphatic rings. The Labute approximate surface area is 130 Å². The van der Waals surface area contributed by atoms with Gasteiger partial charge in [0.05, 0.1) is 16.4 Å². The number of para-hydroxylation sites is 1. The van der Waals surface area contributed by atoms with Crippen LogP contribution in [0.3, 0.4) is 0 Å². The van der Waals surface area contributed by atoms with Gasteiger partial charge in [0.1, 0.15) is 5.52 Å². The highest BCUT2D eigenvalue weighted by atomic mass is 35.5. The molecular weight excluding hydrogens is 300 g/mol. The first kappa shape index (κ1) is 12.9. The normalized spacial score (nSPS) is 11.1. The standard InChI is InChI=1S/C16H11ClN4O/c17-12-8-10-20-14(12)16(22)21(11-5-2-1-3-6-11)15(19-20)13-7-4-9-18-13/h1-10,18H. The van der Waals surface area contributed by atoms with Crippen molar-refractivity contribution in [1.29, 1.82) is 0 Å². The van der Waals surface area contributed by atoms with Crippen LogP contribution in [0.4, 0.5) is 0 Å². The lowest BCUT2D eigenvalue weighted by atomic mass is 10.3. The number of benzene rings is 1. The fourth-order valence-electron chi connectivity index (χ4n) is 2.49. The van der Waals surface area contributed by atoms with Gasteiger partial charge in [-0.3, -0.25) is 9.36 Å². The Balaban J connectivity index is 2.16. The topological polar surface area (TPSA) is 55.1 Å². The van der Waals surface area contributed by atoms with Gasteiger partial charge in [-0.2, -0.15) is 0 Å². The molecule has 108 valence electrons. The molecule has 4 aromatic rings. The van der Waals surface area contributed by atoms with Gasteiger partial charge in [-0.05, 0) is 30.3 Å². The molecule has 0 fully saturated rings. The van der Waals surface area contributed by atoms with Gasteiger partial charge in [0.25, 0.3) is 5.56 Å². The molecule has 3 aromatic heterocycles. The number of aromatic amines is 1. The molecule has 0 bridgehead atoms. The van der Waals surface area contributed by atoms with E-state index in [0.29, 0.717) is 16.4 Å². The van der Waals surface area contributed by atoms with Gasteiger partial charge in [-0.1, -0.05) is 29.8 Å². The lowest BCUT2D eigenvalue weighted by Gasteiger charge is -2.12. The van der Waals surface area contributed by atoms with E-state index in [1.165, 1.54) is 4.52 Å². The summed E-state index contributed by atoms with van der Waals surface area (Å²) in [6.07, 6.45) is 3.48. The van der Waals surface area contributed by atoms with Gasteiger partial charge >= 0.3 is 0 Å². The molecule has 0 unspecified atom stereocenters. The second-order valence-corrected chi connectivity index (χ2v) is 5.25. The van der Waals surface area contributed by atoms with E-state index in [4.69, 9.17) is 11.6 Å². The molecule has 0 aliphatic heterocycles. The summed E-state index contributed by atoms with van der Waals surface area (Å²) >= 11 is 6.13. The number of aromatic nitrogens is 4. The van der Waals surface area contributed by atoms with Crippen molar-refractivity contribution in [2.45, 2.75) is 0 Å². The average molecular weight is 311 g/mol. The highest BCUT2D eigenvalue weighted by Gasteiger charge is 2.17. The molecule has 1 aromatic carbocycles. The molecule has 0 saturated carbocycles. The Morgan fingerprint density at radius 3 is 2.59 bits per heavy atom. The van der Waals surface area contributed by atoms with Crippen LogP contribution in [0.25, 0.3) is 22.7 Å². The van der Waals surface area contributed by atoms with Crippen LogP contribution in [0.15, 0.2) is 65.7 Å². The first-order chi connectivity index (χ1) is 10.8. The van der Waals surface area contributed by atoms with Crippen LogP contribution < -0.4 is 5.56 Å². The van der Waals surface area contributed by atoms with E-state index in [0.717, 1.165) is 11.4 Å². The van der Waals surface area contributed by atoms with Crippen LogP contribution in [0, 0.1) is 0 Å². The maximum atomic E-state index is 12.9. The minimum absolute atomic E-state index is 0.208. The van der Waals surface area contributed by atoms with Crippen molar-refractivity contribution in [3.8, 4) is 17.2 Å². The molecule has 5 nitrogen and oxygen atoms in total. The minimum atomic E-state index is -0.208. The number of rotatable bonds is 2. The summed E-state index contributed by atoms with van der Waals surface area (Å²) < 4.78 is 3.08. The molecule has 0 amide bonds. The van der Waals surface area contributed by atoms with E-state index in [1.807, 2.05) is 42.5 Å². The van der Waals surface area contributed by atoms with Crippen molar-refractivity contribution >= 4 is 17.1 Å². The lowest BCUT2D eigenvalue weighted by molar-refractivity contribution is 0.836. The van der Waals surface area contributed by atoms with Crippen molar-refractivity contribution in [3.63, 3.8) is 0 Å². The van der Waals surface area contributed by atoms with Gasteiger partial charge in [-0.15, -0.1) is 5.10 Å². The van der Waals surface area contributed by atoms with Gasteiger partial charge < -0.3 is 4.98 Å². The molecule has 0 radical (unpaired) electrons. The molecule has 3 heterocycles. The Hall–Kier alpha value is -2.79. The van der Waals surface area contributed by atoms with Crippen LogP contribution in [0.5, 0.6) is 0 Å². The summed E-state index contributed by atoms with van der Waals surface area (Å²) in [4.78, 5) is 16.0. The van der Waals surface area contributed by atoms with Crippen LogP contribution in [0.1, 0.15) is 0 Å². The summed E-state index contributed by atoms with van der Waals surface area (Å²) in [6.45, 7) is 0. The Kier molecular flexibility index (Phi) is 2.87.